The summed E-state index contributed by atoms with van der Waals surface area (Å²) in [5, 5.41) is 13.5. The largest absolute Gasteiger partial charge is 0.496 e. The third kappa shape index (κ3) is 3.31. The van der Waals surface area contributed by atoms with Crippen molar-refractivity contribution in [2.24, 2.45) is 0 Å². The third-order valence-electron chi connectivity index (χ3n) is 3.27. The minimum absolute atomic E-state index is 0.171. The van der Waals surface area contributed by atoms with Crippen molar-refractivity contribution < 1.29 is 19.4 Å². The number of carbonyl (C=O) groups is 2. The van der Waals surface area contributed by atoms with Crippen LogP contribution in [0, 0.1) is 0 Å². The molecule has 5 heteroatoms. The third-order valence-corrected chi connectivity index (χ3v) is 3.27. The number of nitrogens with one attached hydrogen (secondary N) is 1. The van der Waals surface area contributed by atoms with Gasteiger partial charge in [0.15, 0.2) is 0 Å². The molecule has 0 radical (unpaired) electrons. The molecule has 0 bridgehead atoms. The van der Waals surface area contributed by atoms with E-state index in [1.807, 2.05) is 24.3 Å². The Kier molecular flexibility index (Phi) is 4.42. The van der Waals surface area contributed by atoms with E-state index in [1.165, 1.54) is 6.92 Å². The van der Waals surface area contributed by atoms with Crippen LogP contribution < -0.4 is 10.1 Å². The summed E-state index contributed by atoms with van der Waals surface area (Å²) in [7, 11) is 1.59. The van der Waals surface area contributed by atoms with Crippen LogP contribution in [-0.2, 0) is 9.59 Å². The van der Waals surface area contributed by atoms with Gasteiger partial charge in [0, 0.05) is 12.3 Å². The number of methoxy groups -OCH3 is 1. The molecule has 2 aromatic rings. The second-order valence-corrected chi connectivity index (χ2v) is 4.75. The Labute approximate surface area is 122 Å². The Bertz CT molecular complexity index is 665. The predicted molar refractivity (Wildman–Crippen MR) is 79.3 cm³/mol. The molecule has 0 aliphatic carbocycles. The summed E-state index contributed by atoms with van der Waals surface area (Å²) in [6.45, 7) is 1.38. The van der Waals surface area contributed by atoms with E-state index in [2.05, 4.69) is 5.32 Å². The number of ether oxygens (including phenoxy) is 1. The van der Waals surface area contributed by atoms with E-state index in [-0.39, 0.29) is 12.3 Å². The highest BCUT2D eigenvalue weighted by atomic mass is 16.5. The molecule has 21 heavy (non-hydrogen) atoms. The molecule has 0 aromatic heterocycles. The summed E-state index contributed by atoms with van der Waals surface area (Å²) in [4.78, 5) is 22.4. The number of carbonyl (C=O) groups excluding carboxylic acids is 1. The highest BCUT2D eigenvalue weighted by molar-refractivity contribution is 5.92. The van der Waals surface area contributed by atoms with Crippen molar-refractivity contribution in [3.05, 3.63) is 42.0 Å². The van der Waals surface area contributed by atoms with E-state index in [1.54, 1.807) is 19.2 Å². The second-order valence-electron chi connectivity index (χ2n) is 4.75. The van der Waals surface area contributed by atoms with Gasteiger partial charge in [0.1, 0.15) is 5.75 Å². The van der Waals surface area contributed by atoms with Crippen molar-refractivity contribution in [2.75, 3.05) is 7.11 Å². The summed E-state index contributed by atoms with van der Waals surface area (Å²) in [6.07, 6.45) is -0.171. The number of hydrogen-bond donors (Lipinski definition) is 2. The fourth-order valence-electron chi connectivity index (χ4n) is 2.44. The molecule has 0 aliphatic heterocycles. The Balaban J connectivity index is 2.57. The van der Waals surface area contributed by atoms with Crippen molar-refractivity contribution in [3.63, 3.8) is 0 Å². The van der Waals surface area contributed by atoms with Gasteiger partial charge in [-0.2, -0.15) is 0 Å². The first-order chi connectivity index (χ1) is 10.0. The lowest BCUT2D eigenvalue weighted by Crippen LogP contribution is -2.28. The number of amides is 1. The van der Waals surface area contributed by atoms with E-state index in [0.717, 1.165) is 16.3 Å². The first kappa shape index (κ1) is 14.8. The summed E-state index contributed by atoms with van der Waals surface area (Å²) in [6, 6.07) is 10.6. The molecule has 0 aliphatic rings. The number of carboxylic acids is 1. The van der Waals surface area contributed by atoms with Gasteiger partial charge >= 0.3 is 5.97 Å². The quantitative estimate of drug-likeness (QED) is 0.886. The number of carboxylic acid groups (broad SMARTS) is 1. The maximum atomic E-state index is 11.3. The molecule has 110 valence electrons. The van der Waals surface area contributed by atoms with Crippen molar-refractivity contribution in [1.82, 2.24) is 5.32 Å². The van der Waals surface area contributed by atoms with Crippen LogP contribution >= 0.6 is 0 Å². The van der Waals surface area contributed by atoms with Crippen molar-refractivity contribution >= 4 is 22.6 Å². The zero-order valence-electron chi connectivity index (χ0n) is 11.9. The van der Waals surface area contributed by atoms with Crippen molar-refractivity contribution in [1.29, 1.82) is 0 Å². The molecule has 5 nitrogen and oxygen atoms in total. The monoisotopic (exact) mass is 287 g/mol. The van der Waals surface area contributed by atoms with E-state index in [4.69, 9.17) is 9.84 Å². The summed E-state index contributed by atoms with van der Waals surface area (Å²) < 4.78 is 5.32. The molecule has 2 aromatic carbocycles. The van der Waals surface area contributed by atoms with Gasteiger partial charge in [0.25, 0.3) is 0 Å². The van der Waals surface area contributed by atoms with Crippen LogP contribution in [0.5, 0.6) is 5.75 Å². The topological polar surface area (TPSA) is 75.6 Å². The SMILES string of the molecule is COc1ccc([C@@H](CC(=O)O)NC(C)=O)c2ccccc12. The average Bonchev–Trinajstić information content (AvgIpc) is 2.44. The molecular weight excluding hydrogens is 270 g/mol. The van der Waals surface area contributed by atoms with Gasteiger partial charge in [-0.3, -0.25) is 9.59 Å². The second kappa shape index (κ2) is 6.26. The van der Waals surface area contributed by atoms with Gasteiger partial charge in [-0.15, -0.1) is 0 Å². The van der Waals surface area contributed by atoms with Crippen LogP contribution in [0.25, 0.3) is 10.8 Å². The maximum absolute atomic E-state index is 11.3. The van der Waals surface area contributed by atoms with Crippen LogP contribution in [-0.4, -0.2) is 24.1 Å². The molecule has 2 N–H and O–H groups in total. The van der Waals surface area contributed by atoms with Gasteiger partial charge in [-0.25, -0.2) is 0 Å². The van der Waals surface area contributed by atoms with Crippen LogP contribution in [0.3, 0.4) is 0 Å². The van der Waals surface area contributed by atoms with E-state index < -0.39 is 12.0 Å². The first-order valence-electron chi connectivity index (χ1n) is 6.57. The van der Waals surface area contributed by atoms with Gasteiger partial charge in [0.2, 0.25) is 5.91 Å². The standard InChI is InChI=1S/C16H17NO4/c1-10(18)17-14(9-16(19)20)12-7-8-15(21-2)13-6-4-3-5-11(12)13/h3-8,14H,9H2,1-2H3,(H,17,18)(H,19,20)/t14-/m1/s1. The number of rotatable bonds is 5. The van der Waals surface area contributed by atoms with E-state index in [0.29, 0.717) is 5.75 Å². The van der Waals surface area contributed by atoms with Crippen LogP contribution in [0.15, 0.2) is 36.4 Å². The lowest BCUT2D eigenvalue weighted by molar-refractivity contribution is -0.137. The molecular formula is C16H17NO4. The van der Waals surface area contributed by atoms with Crippen molar-refractivity contribution in [3.8, 4) is 5.75 Å². The fourth-order valence-corrected chi connectivity index (χ4v) is 2.44. The summed E-state index contributed by atoms with van der Waals surface area (Å²) >= 11 is 0. The van der Waals surface area contributed by atoms with Crippen LogP contribution in [0.2, 0.25) is 0 Å². The van der Waals surface area contributed by atoms with E-state index >= 15 is 0 Å². The highest BCUT2D eigenvalue weighted by Crippen LogP contribution is 2.32. The summed E-state index contributed by atoms with van der Waals surface area (Å²) in [5.74, 6) is -0.513. The zero-order chi connectivity index (χ0) is 15.4. The Morgan fingerprint density at radius 2 is 1.86 bits per heavy atom. The van der Waals surface area contributed by atoms with E-state index in [9.17, 15) is 9.59 Å². The number of fused-ring (bicyclic) bond motifs is 1. The molecule has 1 amide bonds. The number of benzene rings is 2. The Morgan fingerprint density at radius 1 is 1.19 bits per heavy atom. The summed E-state index contributed by atoms with van der Waals surface area (Å²) in [5.41, 5.74) is 0.768. The van der Waals surface area contributed by atoms with Crippen LogP contribution in [0.1, 0.15) is 24.9 Å². The highest BCUT2D eigenvalue weighted by Gasteiger charge is 2.19. The smallest absolute Gasteiger partial charge is 0.305 e. The normalized spacial score (nSPS) is 11.9. The molecule has 1 atom stereocenters. The molecule has 0 spiro atoms. The predicted octanol–water partition coefficient (Wildman–Crippen LogP) is 2.50. The molecule has 0 saturated heterocycles. The van der Waals surface area contributed by atoms with Crippen molar-refractivity contribution in [2.45, 2.75) is 19.4 Å². The molecule has 0 fully saturated rings. The average molecular weight is 287 g/mol. The lowest BCUT2D eigenvalue weighted by Gasteiger charge is -2.19. The molecule has 0 saturated carbocycles. The fraction of sp³-hybridized carbons (Fsp3) is 0.250. The zero-order valence-corrected chi connectivity index (χ0v) is 11.9. The van der Waals surface area contributed by atoms with Gasteiger partial charge in [-0.05, 0) is 17.0 Å². The lowest BCUT2D eigenvalue weighted by atomic mass is 9.96. The molecule has 0 unspecified atom stereocenters. The Hall–Kier alpha value is -2.56. The minimum Gasteiger partial charge on any atom is -0.496 e. The Morgan fingerprint density at radius 3 is 2.43 bits per heavy atom. The molecule has 0 heterocycles. The van der Waals surface area contributed by atoms with Gasteiger partial charge < -0.3 is 15.2 Å². The maximum Gasteiger partial charge on any atom is 0.305 e. The minimum atomic E-state index is -0.964. The number of aliphatic carboxylic acids is 1. The van der Waals surface area contributed by atoms with Gasteiger partial charge in [-0.1, -0.05) is 30.3 Å². The van der Waals surface area contributed by atoms with Crippen LogP contribution in [0.4, 0.5) is 0 Å². The van der Waals surface area contributed by atoms with Gasteiger partial charge in [0.05, 0.1) is 19.6 Å². The molecule has 2 rings (SSSR count). The first-order valence-corrected chi connectivity index (χ1v) is 6.57. The number of hydrogen-bond acceptors (Lipinski definition) is 3.